The summed E-state index contributed by atoms with van der Waals surface area (Å²) >= 11 is 0. The number of benzene rings is 2. The maximum Gasteiger partial charge on any atom is 0.261 e. The molecule has 0 bridgehead atoms. The quantitative estimate of drug-likeness (QED) is 0.298. The van der Waals surface area contributed by atoms with Gasteiger partial charge in [-0.15, -0.1) is 0 Å². The lowest BCUT2D eigenvalue weighted by Gasteiger charge is -2.27. The summed E-state index contributed by atoms with van der Waals surface area (Å²) in [6.45, 7) is 2.74. The molecule has 2 amide bonds. The van der Waals surface area contributed by atoms with E-state index in [1.165, 1.54) is 56.3 Å². The monoisotopic (exact) mass is 380 g/mol. The Balaban J connectivity index is 1.51. The minimum absolute atomic E-state index is 0.190. The Bertz CT molecular complexity index is 822. The number of anilines is 1. The molecule has 1 aliphatic rings. The van der Waals surface area contributed by atoms with Crippen LogP contribution in [0.5, 0.6) is 0 Å². The molecule has 0 fully saturated rings. The first-order valence-electron chi connectivity index (χ1n) is 10.8. The summed E-state index contributed by atoms with van der Waals surface area (Å²) in [7, 11) is 0. The van der Waals surface area contributed by atoms with Crippen molar-refractivity contribution in [1.82, 2.24) is 4.90 Å². The molecule has 2 N–H and O–H groups in total. The summed E-state index contributed by atoms with van der Waals surface area (Å²) in [5.41, 5.74) is 7.81. The highest BCUT2D eigenvalue weighted by molar-refractivity contribution is 6.26. The summed E-state index contributed by atoms with van der Waals surface area (Å²) in [5, 5.41) is 1.49. The Morgan fingerprint density at radius 1 is 0.750 bits per heavy atom. The number of hydrogen-bond donors (Lipinski definition) is 1. The highest BCUT2D eigenvalue weighted by Crippen LogP contribution is 2.33. The van der Waals surface area contributed by atoms with Gasteiger partial charge in [0.25, 0.3) is 11.8 Å². The van der Waals surface area contributed by atoms with Gasteiger partial charge in [0.1, 0.15) is 0 Å². The number of carbonyl (C=O) groups excluding carboxylic acids is 2. The molecule has 0 radical (unpaired) electrons. The maximum atomic E-state index is 12.9. The van der Waals surface area contributed by atoms with Crippen molar-refractivity contribution in [2.24, 2.45) is 0 Å². The highest BCUT2D eigenvalue weighted by Gasteiger charge is 2.32. The van der Waals surface area contributed by atoms with Gasteiger partial charge in [0.15, 0.2) is 0 Å². The van der Waals surface area contributed by atoms with E-state index in [9.17, 15) is 9.59 Å². The van der Waals surface area contributed by atoms with Crippen molar-refractivity contribution in [1.29, 1.82) is 0 Å². The largest absolute Gasteiger partial charge is 0.398 e. The zero-order valence-electron chi connectivity index (χ0n) is 17.0. The van der Waals surface area contributed by atoms with Crippen molar-refractivity contribution in [3.63, 3.8) is 0 Å². The van der Waals surface area contributed by atoms with Gasteiger partial charge < -0.3 is 5.73 Å². The average molecular weight is 381 g/mol. The Hall–Kier alpha value is -2.36. The normalized spacial score (nSPS) is 13.5. The SMILES string of the molecule is CCCCCCCCCCCCN1C(=O)c2cccc3c(N)ccc(c23)C1=O. The van der Waals surface area contributed by atoms with Crippen molar-refractivity contribution < 1.29 is 9.59 Å². The standard InChI is InChI=1S/C24H32N2O2/c1-2-3-4-5-6-7-8-9-10-11-17-26-23(27)19-14-12-13-18-21(25)16-15-20(22(18)19)24(26)28/h12-16H,2-11,17,25H2,1H3. The molecule has 150 valence electrons. The lowest BCUT2D eigenvalue weighted by Crippen LogP contribution is -2.40. The number of nitrogen functional groups attached to an aromatic ring is 1. The van der Waals surface area contributed by atoms with E-state index in [0.717, 1.165) is 18.2 Å². The van der Waals surface area contributed by atoms with Crippen LogP contribution < -0.4 is 5.73 Å². The van der Waals surface area contributed by atoms with E-state index in [-0.39, 0.29) is 11.8 Å². The van der Waals surface area contributed by atoms with E-state index in [1.807, 2.05) is 12.1 Å². The Morgan fingerprint density at radius 3 is 1.96 bits per heavy atom. The van der Waals surface area contributed by atoms with Crippen LogP contribution in [0, 0.1) is 0 Å². The summed E-state index contributed by atoms with van der Waals surface area (Å²) in [4.78, 5) is 27.2. The molecule has 2 aromatic rings. The third-order valence-electron chi connectivity index (χ3n) is 5.76. The van der Waals surface area contributed by atoms with E-state index in [2.05, 4.69) is 6.92 Å². The smallest absolute Gasteiger partial charge is 0.261 e. The van der Waals surface area contributed by atoms with Crippen LogP contribution in [0.2, 0.25) is 0 Å². The molecular formula is C24H32N2O2. The Kier molecular flexibility index (Phi) is 7.07. The second-order valence-electron chi connectivity index (χ2n) is 7.87. The van der Waals surface area contributed by atoms with E-state index < -0.39 is 0 Å². The predicted octanol–water partition coefficient (Wildman–Crippen LogP) is 5.94. The molecule has 0 aliphatic carbocycles. The first-order valence-corrected chi connectivity index (χ1v) is 10.8. The number of imide groups is 1. The number of rotatable bonds is 11. The van der Waals surface area contributed by atoms with Crippen LogP contribution in [0.15, 0.2) is 30.3 Å². The molecule has 0 unspecified atom stereocenters. The molecular weight excluding hydrogens is 348 g/mol. The van der Waals surface area contributed by atoms with Gasteiger partial charge >= 0.3 is 0 Å². The molecule has 0 saturated carbocycles. The first kappa shape index (κ1) is 20.4. The number of nitrogens with zero attached hydrogens (tertiary/aromatic N) is 1. The molecule has 0 spiro atoms. The van der Waals surface area contributed by atoms with E-state index >= 15 is 0 Å². The summed E-state index contributed by atoms with van der Waals surface area (Å²) < 4.78 is 0. The van der Waals surface area contributed by atoms with Gasteiger partial charge in [0.2, 0.25) is 0 Å². The molecule has 0 saturated heterocycles. The van der Waals surface area contributed by atoms with Gasteiger partial charge in [-0.3, -0.25) is 14.5 Å². The Morgan fingerprint density at radius 2 is 1.32 bits per heavy atom. The molecule has 0 atom stereocenters. The third kappa shape index (κ3) is 4.37. The fraction of sp³-hybridized carbons (Fsp3) is 0.500. The van der Waals surface area contributed by atoms with Crippen molar-refractivity contribution in [3.8, 4) is 0 Å². The zero-order chi connectivity index (χ0) is 19.9. The first-order chi connectivity index (χ1) is 13.6. The number of hydrogen-bond acceptors (Lipinski definition) is 3. The van der Waals surface area contributed by atoms with Gasteiger partial charge in [-0.2, -0.15) is 0 Å². The lowest BCUT2D eigenvalue weighted by atomic mass is 9.93. The number of carbonyl (C=O) groups is 2. The fourth-order valence-corrected chi connectivity index (χ4v) is 4.13. The lowest BCUT2D eigenvalue weighted by molar-refractivity contribution is 0.0608. The van der Waals surface area contributed by atoms with Crippen molar-refractivity contribution >= 4 is 28.3 Å². The van der Waals surface area contributed by atoms with Crippen LogP contribution in [0.25, 0.3) is 10.8 Å². The molecule has 28 heavy (non-hydrogen) atoms. The summed E-state index contributed by atoms with van der Waals surface area (Å²) in [6.07, 6.45) is 12.3. The van der Waals surface area contributed by atoms with Gasteiger partial charge in [0.05, 0.1) is 0 Å². The number of amides is 2. The van der Waals surface area contributed by atoms with Gasteiger partial charge in [0, 0.05) is 34.1 Å². The van der Waals surface area contributed by atoms with Gasteiger partial charge in [-0.25, -0.2) is 0 Å². The molecule has 4 heteroatoms. The van der Waals surface area contributed by atoms with Crippen molar-refractivity contribution in [2.75, 3.05) is 12.3 Å². The molecule has 4 nitrogen and oxygen atoms in total. The second kappa shape index (κ2) is 9.72. The zero-order valence-corrected chi connectivity index (χ0v) is 17.0. The van der Waals surface area contributed by atoms with Crippen molar-refractivity contribution in [2.45, 2.75) is 71.1 Å². The van der Waals surface area contributed by atoms with Gasteiger partial charge in [-0.1, -0.05) is 76.8 Å². The molecule has 0 aromatic heterocycles. The van der Waals surface area contributed by atoms with Crippen LogP contribution in [0.1, 0.15) is 91.8 Å². The van der Waals surface area contributed by atoms with Crippen molar-refractivity contribution in [3.05, 3.63) is 41.5 Å². The number of unbranched alkanes of at least 4 members (excludes halogenated alkanes) is 9. The maximum absolute atomic E-state index is 12.9. The van der Waals surface area contributed by atoms with Crippen LogP contribution in [0.3, 0.4) is 0 Å². The second-order valence-corrected chi connectivity index (χ2v) is 7.87. The van der Waals surface area contributed by atoms with Crippen LogP contribution in [0.4, 0.5) is 5.69 Å². The minimum atomic E-state index is -0.190. The average Bonchev–Trinajstić information content (AvgIpc) is 2.70. The third-order valence-corrected chi connectivity index (χ3v) is 5.76. The fourth-order valence-electron chi connectivity index (χ4n) is 4.13. The van der Waals surface area contributed by atoms with Crippen LogP contribution >= 0.6 is 0 Å². The highest BCUT2D eigenvalue weighted by atomic mass is 16.2. The van der Waals surface area contributed by atoms with E-state index in [4.69, 9.17) is 5.73 Å². The molecule has 2 aromatic carbocycles. The molecule has 3 rings (SSSR count). The van der Waals surface area contributed by atoms with Crippen LogP contribution in [-0.2, 0) is 0 Å². The number of nitrogens with two attached hydrogens (primary N) is 1. The molecule has 1 heterocycles. The van der Waals surface area contributed by atoms with E-state index in [1.54, 1.807) is 18.2 Å². The van der Waals surface area contributed by atoms with Gasteiger partial charge in [-0.05, 0) is 24.6 Å². The Labute approximate surface area is 168 Å². The summed E-state index contributed by atoms with van der Waals surface area (Å²) in [5.74, 6) is -0.380. The predicted molar refractivity (Wildman–Crippen MR) is 116 cm³/mol. The minimum Gasteiger partial charge on any atom is -0.398 e. The molecule has 1 aliphatic heterocycles. The van der Waals surface area contributed by atoms with E-state index in [0.29, 0.717) is 28.7 Å². The van der Waals surface area contributed by atoms with Crippen LogP contribution in [-0.4, -0.2) is 23.3 Å². The topological polar surface area (TPSA) is 63.4 Å². The summed E-state index contributed by atoms with van der Waals surface area (Å²) in [6, 6.07) is 9.02.